The van der Waals surface area contributed by atoms with E-state index in [-0.39, 0.29) is 11.2 Å². The fourth-order valence-electron chi connectivity index (χ4n) is 3.00. The third-order valence-electron chi connectivity index (χ3n) is 4.50. The quantitative estimate of drug-likeness (QED) is 0.798. The lowest BCUT2D eigenvalue weighted by molar-refractivity contribution is 0.129. The Hall–Kier alpha value is -1.37. The van der Waals surface area contributed by atoms with E-state index in [1.807, 2.05) is 4.57 Å². The first-order valence-corrected chi connectivity index (χ1v) is 8.51. The van der Waals surface area contributed by atoms with Gasteiger partial charge in [-0.3, -0.25) is 9.69 Å². The van der Waals surface area contributed by atoms with Gasteiger partial charge in [-0.25, -0.2) is 0 Å². The van der Waals surface area contributed by atoms with E-state index in [1.54, 1.807) is 12.3 Å². The van der Waals surface area contributed by atoms with E-state index in [2.05, 4.69) is 35.7 Å². The second-order valence-electron chi connectivity index (χ2n) is 6.57. The molecular formula is C17H30N4O2. The highest BCUT2D eigenvalue weighted by Gasteiger charge is 2.17. The predicted molar refractivity (Wildman–Crippen MR) is 92.9 cm³/mol. The number of piperazine rings is 1. The molecule has 23 heavy (non-hydrogen) atoms. The third kappa shape index (κ3) is 5.34. The number of rotatable bonds is 7. The van der Waals surface area contributed by atoms with E-state index in [0.717, 1.165) is 64.5 Å². The molecule has 1 saturated heterocycles. The van der Waals surface area contributed by atoms with Crippen molar-refractivity contribution in [3.63, 3.8) is 0 Å². The standard InChI is InChI=1S/C17H30N4O2/c1-4-19-8-10-20(11-9-19)13-15-12-16(22)17(23)14-21(15)7-5-6-18(2)3/h12,14,23H,4-11,13H2,1-3H3. The van der Waals surface area contributed by atoms with Crippen LogP contribution in [0.15, 0.2) is 17.1 Å². The van der Waals surface area contributed by atoms with Crippen molar-refractivity contribution >= 4 is 0 Å². The molecule has 1 aromatic rings. The van der Waals surface area contributed by atoms with Crippen LogP contribution in [0.4, 0.5) is 0 Å². The molecule has 0 amide bonds. The molecule has 2 heterocycles. The third-order valence-corrected chi connectivity index (χ3v) is 4.50. The highest BCUT2D eigenvalue weighted by atomic mass is 16.3. The number of pyridine rings is 1. The summed E-state index contributed by atoms with van der Waals surface area (Å²) in [7, 11) is 4.11. The van der Waals surface area contributed by atoms with Crippen molar-refractivity contribution in [3.05, 3.63) is 28.2 Å². The molecule has 0 atom stereocenters. The molecule has 0 radical (unpaired) electrons. The molecule has 6 heteroatoms. The minimum atomic E-state index is -0.281. The lowest BCUT2D eigenvalue weighted by Crippen LogP contribution is -2.46. The molecule has 0 bridgehead atoms. The van der Waals surface area contributed by atoms with Crippen LogP contribution in [0.25, 0.3) is 0 Å². The second-order valence-corrected chi connectivity index (χ2v) is 6.57. The number of likely N-dealkylation sites (N-methyl/N-ethyl adjacent to an activating group) is 1. The molecule has 0 saturated carbocycles. The maximum Gasteiger partial charge on any atom is 0.223 e. The van der Waals surface area contributed by atoms with Gasteiger partial charge < -0.3 is 19.5 Å². The average molecular weight is 322 g/mol. The molecule has 0 aliphatic carbocycles. The maximum atomic E-state index is 11.8. The summed E-state index contributed by atoms with van der Waals surface area (Å²) in [5.41, 5.74) is 0.715. The molecular weight excluding hydrogens is 292 g/mol. The van der Waals surface area contributed by atoms with Crippen molar-refractivity contribution in [1.29, 1.82) is 0 Å². The molecule has 0 unspecified atom stereocenters. The van der Waals surface area contributed by atoms with E-state index in [0.29, 0.717) is 0 Å². The van der Waals surface area contributed by atoms with Crippen LogP contribution in [0.2, 0.25) is 0 Å². The zero-order valence-corrected chi connectivity index (χ0v) is 14.7. The fraction of sp³-hybridized carbons (Fsp3) is 0.706. The summed E-state index contributed by atoms with van der Waals surface area (Å²) < 4.78 is 2.03. The van der Waals surface area contributed by atoms with Gasteiger partial charge in [-0.2, -0.15) is 0 Å². The van der Waals surface area contributed by atoms with E-state index >= 15 is 0 Å². The van der Waals surface area contributed by atoms with Crippen LogP contribution in [0.5, 0.6) is 5.75 Å². The molecule has 6 nitrogen and oxygen atoms in total. The molecule has 1 N–H and O–H groups in total. The van der Waals surface area contributed by atoms with Crippen LogP contribution in [0.1, 0.15) is 19.0 Å². The van der Waals surface area contributed by atoms with Gasteiger partial charge in [-0.1, -0.05) is 6.92 Å². The van der Waals surface area contributed by atoms with Crippen molar-refractivity contribution in [2.45, 2.75) is 26.4 Å². The number of hydrogen-bond donors (Lipinski definition) is 1. The second kappa shape index (κ2) is 8.47. The van der Waals surface area contributed by atoms with Crippen LogP contribution in [-0.4, -0.2) is 77.7 Å². The predicted octanol–water partition coefficient (Wildman–Crippen LogP) is 0.643. The van der Waals surface area contributed by atoms with Crippen LogP contribution in [-0.2, 0) is 13.1 Å². The highest BCUT2D eigenvalue weighted by molar-refractivity contribution is 5.20. The van der Waals surface area contributed by atoms with Crippen molar-refractivity contribution < 1.29 is 5.11 Å². The van der Waals surface area contributed by atoms with Crippen LogP contribution < -0.4 is 5.43 Å². The lowest BCUT2D eigenvalue weighted by Gasteiger charge is -2.34. The largest absolute Gasteiger partial charge is 0.503 e. The summed E-state index contributed by atoms with van der Waals surface area (Å²) >= 11 is 0. The molecule has 1 fully saturated rings. The van der Waals surface area contributed by atoms with E-state index in [4.69, 9.17) is 0 Å². The Morgan fingerprint density at radius 2 is 1.83 bits per heavy atom. The van der Waals surface area contributed by atoms with E-state index in [1.165, 1.54) is 0 Å². The summed E-state index contributed by atoms with van der Waals surface area (Å²) in [4.78, 5) is 18.8. The van der Waals surface area contributed by atoms with Crippen LogP contribution >= 0.6 is 0 Å². The van der Waals surface area contributed by atoms with Gasteiger partial charge in [0, 0.05) is 51.0 Å². The number of aromatic hydroxyl groups is 1. The van der Waals surface area contributed by atoms with Crippen molar-refractivity contribution in [2.75, 3.05) is 53.4 Å². The first kappa shape index (κ1) is 18.0. The Labute approximate surface area is 138 Å². The van der Waals surface area contributed by atoms with Gasteiger partial charge in [-0.05, 0) is 33.6 Å². The van der Waals surface area contributed by atoms with Gasteiger partial charge in [0.2, 0.25) is 5.43 Å². The van der Waals surface area contributed by atoms with Crippen LogP contribution in [0.3, 0.4) is 0 Å². The summed E-state index contributed by atoms with van der Waals surface area (Å²) in [6.07, 6.45) is 2.58. The highest BCUT2D eigenvalue weighted by Crippen LogP contribution is 2.11. The minimum Gasteiger partial charge on any atom is -0.503 e. The van der Waals surface area contributed by atoms with Crippen molar-refractivity contribution in [2.24, 2.45) is 0 Å². The number of hydrogen-bond acceptors (Lipinski definition) is 5. The van der Waals surface area contributed by atoms with Gasteiger partial charge in [-0.15, -0.1) is 0 Å². The Bertz CT molecular complexity index is 548. The monoisotopic (exact) mass is 322 g/mol. The number of nitrogens with zero attached hydrogens (tertiary/aromatic N) is 4. The summed E-state index contributed by atoms with van der Waals surface area (Å²) in [5.74, 6) is -0.158. The topological polar surface area (TPSA) is 52.0 Å². The van der Waals surface area contributed by atoms with Crippen molar-refractivity contribution in [1.82, 2.24) is 19.3 Å². The maximum absolute atomic E-state index is 11.8. The zero-order valence-electron chi connectivity index (χ0n) is 14.7. The minimum absolute atomic E-state index is 0.158. The molecule has 1 aromatic heterocycles. The van der Waals surface area contributed by atoms with E-state index < -0.39 is 0 Å². The molecule has 0 aromatic carbocycles. The summed E-state index contributed by atoms with van der Waals surface area (Å²) in [6.45, 7) is 10.1. The Balaban J connectivity index is 2.04. The first-order valence-electron chi connectivity index (χ1n) is 8.51. The smallest absolute Gasteiger partial charge is 0.223 e. The normalized spacial score (nSPS) is 17.0. The summed E-state index contributed by atoms with van der Waals surface area (Å²) in [5, 5.41) is 9.74. The number of aryl methyl sites for hydroxylation is 1. The molecule has 1 aliphatic rings. The molecule has 130 valence electrons. The fourth-order valence-corrected chi connectivity index (χ4v) is 3.00. The van der Waals surface area contributed by atoms with E-state index in [9.17, 15) is 9.90 Å². The average Bonchev–Trinajstić information content (AvgIpc) is 2.52. The lowest BCUT2D eigenvalue weighted by atomic mass is 10.2. The molecule has 1 aliphatic heterocycles. The van der Waals surface area contributed by atoms with Gasteiger partial charge >= 0.3 is 0 Å². The Kier molecular flexibility index (Phi) is 6.62. The SMILES string of the molecule is CCN1CCN(Cc2cc(=O)c(O)cn2CCCN(C)C)CC1. The zero-order chi connectivity index (χ0) is 16.8. The molecule has 2 rings (SSSR count). The first-order chi connectivity index (χ1) is 11.0. The van der Waals surface area contributed by atoms with Crippen LogP contribution in [0, 0.1) is 0 Å². The van der Waals surface area contributed by atoms with Gasteiger partial charge in [0.05, 0.1) is 6.20 Å². The Morgan fingerprint density at radius 3 is 2.43 bits per heavy atom. The Morgan fingerprint density at radius 1 is 1.17 bits per heavy atom. The molecule has 0 spiro atoms. The number of aromatic nitrogens is 1. The van der Waals surface area contributed by atoms with Gasteiger partial charge in [0.15, 0.2) is 5.75 Å². The van der Waals surface area contributed by atoms with Crippen molar-refractivity contribution in [3.8, 4) is 5.75 Å². The summed E-state index contributed by atoms with van der Waals surface area (Å²) in [6, 6.07) is 1.59. The van der Waals surface area contributed by atoms with Gasteiger partial charge in [0.1, 0.15) is 0 Å². The van der Waals surface area contributed by atoms with Gasteiger partial charge in [0.25, 0.3) is 0 Å².